The number of hydrogen-bond donors (Lipinski definition) is 0. The molecule has 2 heterocycles. The van der Waals surface area contributed by atoms with Crippen molar-refractivity contribution in [1.29, 1.82) is 0 Å². The van der Waals surface area contributed by atoms with Gasteiger partial charge >= 0.3 is 0 Å². The van der Waals surface area contributed by atoms with Gasteiger partial charge in [-0.2, -0.15) is 0 Å². The van der Waals surface area contributed by atoms with Crippen molar-refractivity contribution in [2.75, 3.05) is 0 Å². The normalized spacial score (nSPS) is 13.1. The van der Waals surface area contributed by atoms with Gasteiger partial charge in [-0.25, -0.2) is 9.97 Å². The molecule has 1 spiro atoms. The van der Waals surface area contributed by atoms with Crippen LogP contribution in [0.2, 0.25) is 0 Å². The number of aromatic nitrogens is 2. The predicted octanol–water partition coefficient (Wildman–Crippen LogP) is 12.8. The van der Waals surface area contributed by atoms with Crippen LogP contribution in [0.15, 0.2) is 194 Å². The van der Waals surface area contributed by atoms with Crippen LogP contribution in [-0.2, 0) is 5.41 Å². The zero-order valence-electron chi connectivity index (χ0n) is 29.3. The summed E-state index contributed by atoms with van der Waals surface area (Å²) in [4.78, 5) is 10.0. The Kier molecular flexibility index (Phi) is 6.77. The first-order valence-corrected chi connectivity index (χ1v) is 18.4. The number of benzene rings is 8. The summed E-state index contributed by atoms with van der Waals surface area (Å²) in [5, 5.41) is 2.28. The van der Waals surface area contributed by atoms with Crippen molar-refractivity contribution in [3.63, 3.8) is 0 Å². The average molecular weight is 689 g/mol. The highest BCUT2D eigenvalue weighted by atomic mass is 16.5. The first kappa shape index (κ1) is 30.5. The maximum absolute atomic E-state index is 7.06. The van der Waals surface area contributed by atoms with Crippen LogP contribution in [0.25, 0.3) is 66.9 Å². The molecular formula is C51H32N2O. The summed E-state index contributed by atoms with van der Waals surface area (Å²) in [6, 6.07) is 68.9. The van der Waals surface area contributed by atoms with E-state index in [1.807, 2.05) is 36.4 Å². The molecule has 3 nitrogen and oxygen atoms in total. The Morgan fingerprint density at radius 2 is 0.907 bits per heavy atom. The average Bonchev–Trinajstić information content (AvgIpc) is 3.54. The van der Waals surface area contributed by atoms with E-state index in [9.17, 15) is 0 Å². The maximum Gasteiger partial charge on any atom is 0.160 e. The molecule has 252 valence electrons. The molecule has 0 saturated carbocycles. The van der Waals surface area contributed by atoms with Crippen LogP contribution in [0, 0.1) is 0 Å². The molecule has 54 heavy (non-hydrogen) atoms. The Morgan fingerprint density at radius 1 is 0.370 bits per heavy atom. The second-order valence-electron chi connectivity index (χ2n) is 14.1. The fourth-order valence-electron chi connectivity index (χ4n) is 8.72. The second kappa shape index (κ2) is 12.0. The first-order chi connectivity index (χ1) is 26.8. The largest absolute Gasteiger partial charge is 0.456 e. The zero-order valence-corrected chi connectivity index (χ0v) is 29.3. The molecule has 0 fully saturated rings. The van der Waals surface area contributed by atoms with E-state index < -0.39 is 5.41 Å². The quantitative estimate of drug-likeness (QED) is 0.185. The van der Waals surface area contributed by atoms with Gasteiger partial charge in [0.2, 0.25) is 0 Å². The van der Waals surface area contributed by atoms with Crippen molar-refractivity contribution in [3.8, 4) is 67.7 Å². The summed E-state index contributed by atoms with van der Waals surface area (Å²) < 4.78 is 7.06. The molecule has 0 unspecified atom stereocenters. The molecule has 1 aliphatic heterocycles. The molecule has 0 amide bonds. The van der Waals surface area contributed by atoms with E-state index in [2.05, 4.69) is 158 Å². The fourth-order valence-corrected chi connectivity index (χ4v) is 8.72. The smallest absolute Gasteiger partial charge is 0.160 e. The van der Waals surface area contributed by atoms with Gasteiger partial charge in [-0.3, -0.25) is 0 Å². The summed E-state index contributed by atoms with van der Waals surface area (Å²) in [7, 11) is 0. The zero-order chi connectivity index (χ0) is 35.6. The van der Waals surface area contributed by atoms with E-state index in [4.69, 9.17) is 14.7 Å². The lowest BCUT2D eigenvalue weighted by molar-refractivity contribution is 0.442. The molecule has 11 rings (SSSR count). The Hall–Kier alpha value is -7.10. The van der Waals surface area contributed by atoms with Crippen LogP contribution >= 0.6 is 0 Å². The third-order valence-corrected chi connectivity index (χ3v) is 11.2. The van der Waals surface area contributed by atoms with Crippen molar-refractivity contribution in [3.05, 3.63) is 216 Å². The van der Waals surface area contributed by atoms with E-state index >= 15 is 0 Å². The van der Waals surface area contributed by atoms with Crippen LogP contribution in [-0.4, -0.2) is 9.97 Å². The minimum absolute atomic E-state index is 0.511. The molecule has 0 radical (unpaired) electrons. The lowest BCUT2D eigenvalue weighted by Gasteiger charge is -2.40. The molecule has 9 aromatic rings. The van der Waals surface area contributed by atoms with Crippen molar-refractivity contribution < 1.29 is 4.74 Å². The highest BCUT2D eigenvalue weighted by molar-refractivity contribution is 5.96. The Labute approximate surface area is 313 Å². The van der Waals surface area contributed by atoms with Crippen LogP contribution in [0.4, 0.5) is 0 Å². The molecule has 3 heteroatoms. The monoisotopic (exact) mass is 688 g/mol. The van der Waals surface area contributed by atoms with Gasteiger partial charge < -0.3 is 4.74 Å². The van der Waals surface area contributed by atoms with Crippen LogP contribution in [0.3, 0.4) is 0 Å². The second-order valence-corrected chi connectivity index (χ2v) is 14.1. The van der Waals surface area contributed by atoms with Gasteiger partial charge in [0.1, 0.15) is 11.5 Å². The third-order valence-electron chi connectivity index (χ3n) is 11.2. The van der Waals surface area contributed by atoms with Crippen LogP contribution < -0.4 is 4.74 Å². The Balaban J connectivity index is 1.05. The molecule has 1 aliphatic carbocycles. The highest BCUT2D eigenvalue weighted by Crippen LogP contribution is 2.63. The number of ether oxygens (including phenoxy) is 1. The topological polar surface area (TPSA) is 35.0 Å². The Bertz CT molecular complexity index is 2790. The Morgan fingerprint density at radius 3 is 1.61 bits per heavy atom. The van der Waals surface area contributed by atoms with Gasteiger partial charge in [-0.15, -0.1) is 0 Å². The van der Waals surface area contributed by atoms with E-state index in [0.29, 0.717) is 5.82 Å². The van der Waals surface area contributed by atoms with Crippen LogP contribution in [0.1, 0.15) is 22.3 Å². The number of rotatable bonds is 4. The summed E-state index contributed by atoms with van der Waals surface area (Å²) in [5.74, 6) is 2.51. The maximum atomic E-state index is 7.06. The van der Waals surface area contributed by atoms with E-state index in [0.717, 1.165) is 67.0 Å². The SMILES string of the molecule is c1ccc(-c2cc(-c3ccc(-c4ccc5c(c4)Oc4c(ccc6ccccc46)C54c5ccccc5-c5ccccc54)cc3)nc(-c3ccccc3)n2)cc1. The van der Waals surface area contributed by atoms with Gasteiger partial charge in [0, 0.05) is 33.2 Å². The number of hydrogen-bond acceptors (Lipinski definition) is 3. The van der Waals surface area contributed by atoms with E-state index in [1.54, 1.807) is 0 Å². The van der Waals surface area contributed by atoms with Crippen LogP contribution in [0.5, 0.6) is 11.5 Å². The molecule has 0 atom stereocenters. The molecule has 0 saturated heterocycles. The molecule has 0 N–H and O–H groups in total. The van der Waals surface area contributed by atoms with Crippen molar-refractivity contribution >= 4 is 10.8 Å². The first-order valence-electron chi connectivity index (χ1n) is 18.4. The summed E-state index contributed by atoms with van der Waals surface area (Å²) in [5.41, 5.74) is 14.0. The molecular weight excluding hydrogens is 657 g/mol. The van der Waals surface area contributed by atoms with Gasteiger partial charge in [0.15, 0.2) is 5.82 Å². The molecule has 8 aromatic carbocycles. The highest BCUT2D eigenvalue weighted by Gasteiger charge is 2.51. The number of fused-ring (bicyclic) bond motifs is 11. The summed E-state index contributed by atoms with van der Waals surface area (Å²) in [6.07, 6.45) is 0. The van der Waals surface area contributed by atoms with Crippen molar-refractivity contribution in [1.82, 2.24) is 9.97 Å². The summed E-state index contributed by atoms with van der Waals surface area (Å²) >= 11 is 0. The standard InChI is InChI=1S/C51H32N2O/c1-3-14-35(15-4-1)46-32-47(53-50(52-46)37-16-5-2-6-17-37)36-25-23-33(24-26-36)38-28-29-44-48(31-38)54-49-39-18-8-7-13-34(39)27-30-45(49)51(44)42-21-11-9-19-40(42)41-20-10-12-22-43(41)51/h1-32H. The predicted molar refractivity (Wildman–Crippen MR) is 219 cm³/mol. The van der Waals surface area contributed by atoms with Crippen molar-refractivity contribution in [2.24, 2.45) is 0 Å². The molecule has 1 aromatic heterocycles. The lowest BCUT2D eigenvalue weighted by Crippen LogP contribution is -2.32. The van der Waals surface area contributed by atoms with Gasteiger partial charge in [-0.05, 0) is 50.9 Å². The minimum Gasteiger partial charge on any atom is -0.456 e. The molecule has 2 aliphatic rings. The fraction of sp³-hybridized carbons (Fsp3) is 0.0196. The molecule has 0 bridgehead atoms. The van der Waals surface area contributed by atoms with Crippen molar-refractivity contribution in [2.45, 2.75) is 5.41 Å². The summed E-state index contributed by atoms with van der Waals surface area (Å²) in [6.45, 7) is 0. The van der Waals surface area contributed by atoms with Gasteiger partial charge in [0.05, 0.1) is 16.8 Å². The van der Waals surface area contributed by atoms with E-state index in [1.165, 1.54) is 27.8 Å². The van der Waals surface area contributed by atoms with Gasteiger partial charge in [-0.1, -0.05) is 182 Å². The number of nitrogens with zero attached hydrogens (tertiary/aromatic N) is 2. The lowest BCUT2D eigenvalue weighted by atomic mass is 9.65. The minimum atomic E-state index is -0.511. The van der Waals surface area contributed by atoms with E-state index in [-0.39, 0.29) is 0 Å². The van der Waals surface area contributed by atoms with Gasteiger partial charge in [0.25, 0.3) is 0 Å². The third kappa shape index (κ3) is 4.55.